The molecule has 4 nitrogen and oxygen atoms in total. The van der Waals surface area contributed by atoms with E-state index in [1.165, 1.54) is 0 Å². The lowest BCUT2D eigenvalue weighted by Gasteiger charge is -2.33. The van der Waals surface area contributed by atoms with Crippen molar-refractivity contribution in [2.75, 3.05) is 13.1 Å². The van der Waals surface area contributed by atoms with Gasteiger partial charge in [0.1, 0.15) is 0 Å². The van der Waals surface area contributed by atoms with Crippen molar-refractivity contribution in [3.05, 3.63) is 12.3 Å². The third kappa shape index (κ3) is 1.13. The molecule has 0 bridgehead atoms. The van der Waals surface area contributed by atoms with Crippen molar-refractivity contribution in [1.29, 1.82) is 0 Å². The number of rotatable bonds is 0. The van der Waals surface area contributed by atoms with Crippen LogP contribution in [0.3, 0.4) is 0 Å². The molecule has 0 aromatic rings. The largest absolute Gasteiger partial charge is 0.386 e. The summed E-state index contributed by atoms with van der Waals surface area (Å²) in [7, 11) is 0. The number of fused-ring (bicyclic) bond motifs is 1. The number of piperidine rings is 1. The molecule has 2 rings (SSSR count). The van der Waals surface area contributed by atoms with Gasteiger partial charge in [0.2, 0.25) is 0 Å². The van der Waals surface area contributed by atoms with Crippen molar-refractivity contribution < 1.29 is 4.79 Å². The lowest BCUT2D eigenvalue weighted by Crippen LogP contribution is -2.50. The van der Waals surface area contributed by atoms with Gasteiger partial charge in [-0.15, -0.1) is 0 Å². The number of hydrogen-bond donors (Lipinski definition) is 2. The van der Waals surface area contributed by atoms with Gasteiger partial charge in [0.25, 0.3) is 0 Å². The van der Waals surface area contributed by atoms with Crippen molar-refractivity contribution >= 4 is 6.03 Å². The maximum absolute atomic E-state index is 10.8. The normalized spacial score (nSPS) is 32.8. The zero-order valence-electron chi connectivity index (χ0n) is 6.86. The minimum absolute atomic E-state index is 0.304. The zero-order valence-corrected chi connectivity index (χ0v) is 6.86. The molecule has 0 aromatic carbocycles. The van der Waals surface area contributed by atoms with Gasteiger partial charge in [-0.1, -0.05) is 6.08 Å². The van der Waals surface area contributed by atoms with Crippen molar-refractivity contribution in [1.82, 2.24) is 10.2 Å². The molecule has 12 heavy (non-hydrogen) atoms. The number of nitrogens with one attached hydrogen (secondary N) is 1. The lowest BCUT2D eigenvalue weighted by molar-refractivity contribution is 0.175. The summed E-state index contributed by atoms with van der Waals surface area (Å²) in [5, 5.41) is 3.21. The fraction of sp³-hybridized carbons (Fsp3) is 0.625. The third-order valence-corrected chi connectivity index (χ3v) is 2.63. The third-order valence-electron chi connectivity index (χ3n) is 2.63. The molecule has 2 unspecified atom stereocenters. The molecular formula is C8H13N3O. The first-order valence-electron chi connectivity index (χ1n) is 4.24. The molecule has 1 saturated heterocycles. The summed E-state index contributed by atoms with van der Waals surface area (Å²) in [5.41, 5.74) is 5.19. The summed E-state index contributed by atoms with van der Waals surface area (Å²) in [4.78, 5) is 12.5. The van der Waals surface area contributed by atoms with Crippen LogP contribution in [0.2, 0.25) is 0 Å². The summed E-state index contributed by atoms with van der Waals surface area (Å²) in [6.07, 6.45) is 5.17. The van der Waals surface area contributed by atoms with E-state index in [1.807, 2.05) is 6.20 Å². The summed E-state index contributed by atoms with van der Waals surface area (Å²) >= 11 is 0. The Morgan fingerprint density at radius 1 is 1.67 bits per heavy atom. The minimum Gasteiger partial charge on any atom is -0.386 e. The molecule has 0 aliphatic carbocycles. The molecular weight excluding hydrogens is 154 g/mol. The number of hydrogen-bond acceptors (Lipinski definition) is 2. The fourth-order valence-electron chi connectivity index (χ4n) is 1.88. The Kier molecular flexibility index (Phi) is 1.67. The molecule has 0 aromatic heterocycles. The van der Waals surface area contributed by atoms with Crippen molar-refractivity contribution in [2.24, 2.45) is 11.7 Å². The van der Waals surface area contributed by atoms with E-state index in [9.17, 15) is 4.79 Å². The van der Waals surface area contributed by atoms with E-state index < -0.39 is 0 Å². The molecule has 2 aliphatic heterocycles. The topological polar surface area (TPSA) is 58.4 Å². The van der Waals surface area contributed by atoms with E-state index in [0.29, 0.717) is 12.0 Å². The summed E-state index contributed by atoms with van der Waals surface area (Å²) in [6, 6.07) is 0.0911. The van der Waals surface area contributed by atoms with Crippen LogP contribution in [-0.2, 0) is 0 Å². The molecule has 1 fully saturated rings. The highest BCUT2D eigenvalue weighted by atomic mass is 16.2. The first-order chi connectivity index (χ1) is 5.77. The Bertz CT molecular complexity index is 226. The Morgan fingerprint density at radius 3 is 3.25 bits per heavy atom. The van der Waals surface area contributed by atoms with Crippen LogP contribution in [0.5, 0.6) is 0 Å². The maximum Gasteiger partial charge on any atom is 0.314 e. The fourth-order valence-corrected chi connectivity index (χ4v) is 1.88. The summed E-state index contributed by atoms with van der Waals surface area (Å²) in [5.74, 6) is 0.598. The molecule has 2 amide bonds. The van der Waals surface area contributed by atoms with Gasteiger partial charge in [-0.05, 0) is 12.6 Å². The van der Waals surface area contributed by atoms with Crippen molar-refractivity contribution in [2.45, 2.75) is 12.5 Å². The number of likely N-dealkylation sites (tertiary alicyclic amines) is 1. The molecule has 2 heterocycles. The highest BCUT2D eigenvalue weighted by Crippen LogP contribution is 2.22. The minimum atomic E-state index is -0.304. The second-order valence-electron chi connectivity index (χ2n) is 3.37. The SMILES string of the molecule is NC(=O)N1CCC2C=CNC2C1. The molecule has 4 heteroatoms. The lowest BCUT2D eigenvalue weighted by atomic mass is 9.94. The van der Waals surface area contributed by atoms with Gasteiger partial charge in [-0.25, -0.2) is 4.79 Å². The highest BCUT2D eigenvalue weighted by Gasteiger charge is 2.30. The van der Waals surface area contributed by atoms with Crippen molar-refractivity contribution in [3.8, 4) is 0 Å². The standard InChI is InChI=1S/C8H13N3O/c9-8(12)11-4-2-6-1-3-10-7(6)5-11/h1,3,6-7,10H,2,4-5H2,(H2,9,12). The van der Waals surface area contributed by atoms with Gasteiger partial charge in [0.05, 0.1) is 0 Å². The molecule has 0 spiro atoms. The quantitative estimate of drug-likeness (QED) is 0.528. The second-order valence-corrected chi connectivity index (χ2v) is 3.37. The number of carbonyl (C=O) groups is 1. The number of primary amides is 1. The molecule has 3 N–H and O–H groups in total. The van der Waals surface area contributed by atoms with E-state index in [-0.39, 0.29) is 6.03 Å². The molecule has 2 atom stereocenters. The van der Waals surface area contributed by atoms with Crippen LogP contribution >= 0.6 is 0 Å². The molecule has 0 saturated carbocycles. The van der Waals surface area contributed by atoms with Crippen LogP contribution in [-0.4, -0.2) is 30.1 Å². The van der Waals surface area contributed by atoms with Crippen LogP contribution < -0.4 is 11.1 Å². The molecule has 0 radical (unpaired) electrons. The average molecular weight is 167 g/mol. The van der Waals surface area contributed by atoms with E-state index in [0.717, 1.165) is 19.5 Å². The smallest absolute Gasteiger partial charge is 0.314 e. The predicted molar refractivity (Wildman–Crippen MR) is 45.3 cm³/mol. The van der Waals surface area contributed by atoms with Crippen molar-refractivity contribution in [3.63, 3.8) is 0 Å². The first-order valence-corrected chi connectivity index (χ1v) is 4.24. The van der Waals surface area contributed by atoms with Gasteiger partial charge >= 0.3 is 6.03 Å². The van der Waals surface area contributed by atoms with Gasteiger partial charge in [-0.2, -0.15) is 0 Å². The predicted octanol–water partition coefficient (Wildman–Crippen LogP) is -0.127. The Labute approximate surface area is 71.4 Å². The van der Waals surface area contributed by atoms with Crippen LogP contribution in [0.25, 0.3) is 0 Å². The van der Waals surface area contributed by atoms with Gasteiger partial charge in [0.15, 0.2) is 0 Å². The first kappa shape index (κ1) is 7.46. The number of nitrogens with two attached hydrogens (primary N) is 1. The second kappa shape index (κ2) is 2.69. The summed E-state index contributed by atoms with van der Waals surface area (Å²) < 4.78 is 0. The Hall–Kier alpha value is -1.19. The zero-order chi connectivity index (χ0) is 8.55. The average Bonchev–Trinajstić information content (AvgIpc) is 2.49. The van der Waals surface area contributed by atoms with Gasteiger partial charge in [0, 0.05) is 25.0 Å². The Balaban J connectivity index is 1.99. The molecule has 2 aliphatic rings. The monoisotopic (exact) mass is 167 g/mol. The van der Waals surface area contributed by atoms with E-state index in [2.05, 4.69) is 11.4 Å². The van der Waals surface area contributed by atoms with E-state index in [4.69, 9.17) is 5.73 Å². The van der Waals surface area contributed by atoms with Gasteiger partial charge in [-0.3, -0.25) is 0 Å². The number of urea groups is 1. The summed E-state index contributed by atoms with van der Waals surface area (Å²) in [6.45, 7) is 1.54. The van der Waals surface area contributed by atoms with E-state index in [1.54, 1.807) is 4.90 Å². The van der Waals surface area contributed by atoms with Crippen LogP contribution in [0.1, 0.15) is 6.42 Å². The maximum atomic E-state index is 10.8. The number of carbonyl (C=O) groups excluding carboxylic acids is 1. The highest BCUT2D eigenvalue weighted by molar-refractivity contribution is 5.72. The van der Waals surface area contributed by atoms with Crippen LogP contribution in [0, 0.1) is 5.92 Å². The molecule has 66 valence electrons. The van der Waals surface area contributed by atoms with Crippen LogP contribution in [0.4, 0.5) is 4.79 Å². The number of amides is 2. The van der Waals surface area contributed by atoms with Crippen LogP contribution in [0.15, 0.2) is 12.3 Å². The number of nitrogens with zero attached hydrogens (tertiary/aromatic N) is 1. The van der Waals surface area contributed by atoms with Gasteiger partial charge < -0.3 is 16.0 Å². The Morgan fingerprint density at radius 2 is 2.50 bits per heavy atom. The van der Waals surface area contributed by atoms with E-state index >= 15 is 0 Å².